The lowest BCUT2D eigenvalue weighted by Gasteiger charge is -2.12. The first-order valence-corrected chi connectivity index (χ1v) is 7.15. The molecule has 0 fully saturated rings. The van der Waals surface area contributed by atoms with Gasteiger partial charge in [-0.1, -0.05) is 44.9 Å². The molecule has 0 bridgehead atoms. The summed E-state index contributed by atoms with van der Waals surface area (Å²) in [6.45, 7) is 4.58. The van der Waals surface area contributed by atoms with Crippen molar-refractivity contribution >= 4 is 21.4 Å². The van der Waals surface area contributed by atoms with Crippen LogP contribution in [-0.4, -0.2) is 0 Å². The second kappa shape index (κ2) is 5.49. The standard InChI is InChI=1S/C15H20S/c1-3-7-12(8-4-2)15-11-13-9-5-6-10-14(13)16-15/h5-6,9-12H,3-4,7-8H2,1-2H3. The lowest BCUT2D eigenvalue weighted by molar-refractivity contribution is 0.569. The van der Waals surface area contributed by atoms with E-state index in [-0.39, 0.29) is 0 Å². The molecule has 0 nitrogen and oxygen atoms in total. The van der Waals surface area contributed by atoms with Gasteiger partial charge >= 0.3 is 0 Å². The Bertz CT molecular complexity index is 402. The number of rotatable bonds is 5. The third-order valence-corrected chi connectivity index (χ3v) is 4.40. The molecule has 1 aromatic heterocycles. The van der Waals surface area contributed by atoms with Gasteiger partial charge in [0, 0.05) is 9.58 Å². The van der Waals surface area contributed by atoms with Gasteiger partial charge in [-0.05, 0) is 36.3 Å². The first kappa shape index (κ1) is 11.7. The topological polar surface area (TPSA) is 0 Å². The Morgan fingerprint density at radius 1 is 1.06 bits per heavy atom. The summed E-state index contributed by atoms with van der Waals surface area (Å²) in [7, 11) is 0. The maximum Gasteiger partial charge on any atom is 0.0345 e. The predicted molar refractivity (Wildman–Crippen MR) is 74.4 cm³/mol. The third-order valence-electron chi connectivity index (χ3n) is 3.12. The summed E-state index contributed by atoms with van der Waals surface area (Å²) in [6.07, 6.45) is 5.25. The largest absolute Gasteiger partial charge is 0.140 e. The zero-order valence-electron chi connectivity index (χ0n) is 10.2. The SMILES string of the molecule is CCCC(CCC)c1cc2ccccc2s1. The molecule has 86 valence electrons. The van der Waals surface area contributed by atoms with Gasteiger partial charge in [0.1, 0.15) is 0 Å². The van der Waals surface area contributed by atoms with Crippen molar-refractivity contribution in [1.82, 2.24) is 0 Å². The normalized spacial score (nSPS) is 11.4. The molecule has 1 heterocycles. The Kier molecular flexibility index (Phi) is 4.00. The summed E-state index contributed by atoms with van der Waals surface area (Å²) in [6, 6.07) is 11.1. The highest BCUT2D eigenvalue weighted by Gasteiger charge is 2.12. The molecule has 0 saturated carbocycles. The molecular weight excluding hydrogens is 212 g/mol. The van der Waals surface area contributed by atoms with E-state index in [0.717, 1.165) is 5.92 Å². The Hall–Kier alpha value is -0.820. The molecule has 16 heavy (non-hydrogen) atoms. The summed E-state index contributed by atoms with van der Waals surface area (Å²) in [5.74, 6) is 0.785. The number of fused-ring (bicyclic) bond motifs is 1. The van der Waals surface area contributed by atoms with Crippen LogP contribution < -0.4 is 0 Å². The number of hydrogen-bond acceptors (Lipinski definition) is 1. The zero-order valence-corrected chi connectivity index (χ0v) is 11.0. The van der Waals surface area contributed by atoms with Crippen LogP contribution in [0.5, 0.6) is 0 Å². The van der Waals surface area contributed by atoms with E-state index in [4.69, 9.17) is 0 Å². The van der Waals surface area contributed by atoms with Crippen LogP contribution in [-0.2, 0) is 0 Å². The molecule has 0 unspecified atom stereocenters. The number of thiophene rings is 1. The van der Waals surface area contributed by atoms with Gasteiger partial charge in [-0.2, -0.15) is 0 Å². The van der Waals surface area contributed by atoms with E-state index >= 15 is 0 Å². The molecule has 2 rings (SSSR count). The van der Waals surface area contributed by atoms with Crippen molar-refractivity contribution in [3.05, 3.63) is 35.2 Å². The fourth-order valence-corrected chi connectivity index (χ4v) is 3.56. The Balaban J connectivity index is 2.29. The average molecular weight is 232 g/mol. The maximum atomic E-state index is 2.40. The van der Waals surface area contributed by atoms with Gasteiger partial charge in [0.2, 0.25) is 0 Å². The summed E-state index contributed by atoms with van der Waals surface area (Å²) < 4.78 is 1.44. The minimum atomic E-state index is 0.785. The molecule has 0 aliphatic carbocycles. The molecular formula is C15H20S. The van der Waals surface area contributed by atoms with E-state index in [1.807, 2.05) is 11.3 Å². The van der Waals surface area contributed by atoms with Crippen LogP contribution in [0, 0.1) is 0 Å². The van der Waals surface area contributed by atoms with E-state index in [0.29, 0.717) is 0 Å². The van der Waals surface area contributed by atoms with Crippen LogP contribution in [0.15, 0.2) is 30.3 Å². The molecule has 0 aliphatic heterocycles. The Morgan fingerprint density at radius 3 is 2.38 bits per heavy atom. The van der Waals surface area contributed by atoms with Gasteiger partial charge < -0.3 is 0 Å². The second-order valence-electron chi connectivity index (χ2n) is 4.46. The molecule has 0 atom stereocenters. The third kappa shape index (κ3) is 2.46. The summed E-state index contributed by atoms with van der Waals surface area (Å²) in [4.78, 5) is 1.59. The van der Waals surface area contributed by atoms with Crippen molar-refractivity contribution in [3.8, 4) is 0 Å². The molecule has 1 heteroatoms. The van der Waals surface area contributed by atoms with Gasteiger partial charge in [-0.25, -0.2) is 0 Å². The van der Waals surface area contributed by atoms with Crippen molar-refractivity contribution < 1.29 is 0 Å². The molecule has 0 saturated heterocycles. The first-order chi connectivity index (χ1) is 7.85. The lowest BCUT2D eigenvalue weighted by atomic mass is 9.96. The van der Waals surface area contributed by atoms with Gasteiger partial charge in [0.05, 0.1) is 0 Å². The quantitative estimate of drug-likeness (QED) is 0.631. The van der Waals surface area contributed by atoms with E-state index in [1.165, 1.54) is 35.8 Å². The summed E-state index contributed by atoms with van der Waals surface area (Å²) in [5, 5.41) is 1.42. The lowest BCUT2D eigenvalue weighted by Crippen LogP contribution is -1.94. The van der Waals surface area contributed by atoms with Gasteiger partial charge in [0.25, 0.3) is 0 Å². The summed E-state index contributed by atoms with van der Waals surface area (Å²) in [5.41, 5.74) is 0. The molecule has 2 aromatic rings. The van der Waals surface area contributed by atoms with Crippen LogP contribution in [0.4, 0.5) is 0 Å². The van der Waals surface area contributed by atoms with Crippen molar-refractivity contribution in [1.29, 1.82) is 0 Å². The minimum absolute atomic E-state index is 0.785. The fraction of sp³-hybridized carbons (Fsp3) is 0.467. The molecule has 0 aliphatic rings. The van der Waals surface area contributed by atoms with Crippen molar-refractivity contribution in [2.75, 3.05) is 0 Å². The summed E-state index contributed by atoms with van der Waals surface area (Å²) >= 11 is 1.99. The monoisotopic (exact) mass is 232 g/mol. The number of benzene rings is 1. The zero-order chi connectivity index (χ0) is 11.4. The van der Waals surface area contributed by atoms with Crippen molar-refractivity contribution in [3.63, 3.8) is 0 Å². The van der Waals surface area contributed by atoms with E-state index in [9.17, 15) is 0 Å². The Labute approximate surface area is 102 Å². The van der Waals surface area contributed by atoms with Crippen molar-refractivity contribution in [2.45, 2.75) is 45.4 Å². The molecule has 1 aromatic carbocycles. The molecule has 0 spiro atoms. The highest BCUT2D eigenvalue weighted by Crippen LogP contribution is 2.35. The van der Waals surface area contributed by atoms with Crippen LogP contribution >= 0.6 is 11.3 Å². The average Bonchev–Trinajstić information content (AvgIpc) is 2.72. The minimum Gasteiger partial charge on any atom is -0.140 e. The van der Waals surface area contributed by atoms with Gasteiger partial charge in [0.15, 0.2) is 0 Å². The van der Waals surface area contributed by atoms with Crippen LogP contribution in [0.3, 0.4) is 0 Å². The van der Waals surface area contributed by atoms with Crippen LogP contribution in [0.1, 0.15) is 50.3 Å². The van der Waals surface area contributed by atoms with Crippen LogP contribution in [0.25, 0.3) is 10.1 Å². The van der Waals surface area contributed by atoms with Crippen molar-refractivity contribution in [2.24, 2.45) is 0 Å². The predicted octanol–water partition coefficient (Wildman–Crippen LogP) is 5.59. The van der Waals surface area contributed by atoms with Crippen LogP contribution in [0.2, 0.25) is 0 Å². The van der Waals surface area contributed by atoms with E-state index < -0.39 is 0 Å². The maximum absolute atomic E-state index is 2.40. The highest BCUT2D eigenvalue weighted by atomic mass is 32.1. The Morgan fingerprint density at radius 2 is 1.75 bits per heavy atom. The fourth-order valence-electron chi connectivity index (χ4n) is 2.33. The molecule has 0 N–H and O–H groups in total. The smallest absolute Gasteiger partial charge is 0.0345 e. The first-order valence-electron chi connectivity index (χ1n) is 6.33. The second-order valence-corrected chi connectivity index (χ2v) is 5.58. The van der Waals surface area contributed by atoms with E-state index in [2.05, 4.69) is 44.2 Å². The highest BCUT2D eigenvalue weighted by molar-refractivity contribution is 7.19. The van der Waals surface area contributed by atoms with Gasteiger partial charge in [-0.3, -0.25) is 0 Å². The van der Waals surface area contributed by atoms with Gasteiger partial charge in [-0.15, -0.1) is 11.3 Å². The number of hydrogen-bond donors (Lipinski definition) is 0. The molecule has 0 amide bonds. The van der Waals surface area contributed by atoms with E-state index in [1.54, 1.807) is 4.88 Å². The molecule has 0 radical (unpaired) electrons.